The van der Waals surface area contributed by atoms with E-state index in [9.17, 15) is 9.59 Å². The van der Waals surface area contributed by atoms with Crippen molar-refractivity contribution in [1.82, 2.24) is 4.98 Å². The molecule has 0 bridgehead atoms. The third-order valence-corrected chi connectivity index (χ3v) is 3.90. The quantitative estimate of drug-likeness (QED) is 0.849. The highest BCUT2D eigenvalue weighted by atomic mass is 32.1. The molecule has 110 valence electrons. The summed E-state index contributed by atoms with van der Waals surface area (Å²) in [6.45, 7) is 3.53. The van der Waals surface area contributed by atoms with E-state index in [1.165, 1.54) is 7.11 Å². The number of nitrogens with zero attached hydrogens (tertiary/aromatic N) is 1. The molecule has 0 radical (unpaired) electrons. The van der Waals surface area contributed by atoms with E-state index in [-0.39, 0.29) is 5.91 Å². The van der Waals surface area contributed by atoms with E-state index in [1.807, 2.05) is 0 Å². The first kappa shape index (κ1) is 15.0. The molecule has 6 nitrogen and oxygen atoms in total. The first-order valence-electron chi connectivity index (χ1n) is 6.15. The number of hydrogen-bond acceptors (Lipinski definition) is 6. The highest BCUT2D eigenvalue weighted by Gasteiger charge is 2.16. The van der Waals surface area contributed by atoms with Crippen LogP contribution in [0.25, 0.3) is 0 Å². The molecule has 0 aliphatic carbocycles. The number of ether oxygens (including phenoxy) is 1. The van der Waals surface area contributed by atoms with Crippen molar-refractivity contribution in [1.29, 1.82) is 0 Å². The van der Waals surface area contributed by atoms with E-state index < -0.39 is 5.97 Å². The predicted molar refractivity (Wildman–Crippen MR) is 81.7 cm³/mol. The van der Waals surface area contributed by atoms with E-state index in [1.54, 1.807) is 32.0 Å². The Labute approximate surface area is 125 Å². The Hall–Kier alpha value is -2.41. The average molecular weight is 305 g/mol. The molecule has 0 saturated carbocycles. The van der Waals surface area contributed by atoms with Crippen LogP contribution in [-0.4, -0.2) is 24.0 Å². The van der Waals surface area contributed by atoms with Crippen molar-refractivity contribution in [3.8, 4) is 0 Å². The monoisotopic (exact) mass is 305 g/mol. The molecular weight excluding hydrogens is 290 g/mol. The molecule has 1 aromatic carbocycles. The molecule has 0 saturated heterocycles. The topological polar surface area (TPSA) is 94.3 Å². The number of benzene rings is 1. The van der Waals surface area contributed by atoms with Crippen molar-refractivity contribution >= 4 is 34.0 Å². The normalized spacial score (nSPS) is 10.2. The van der Waals surface area contributed by atoms with Crippen molar-refractivity contribution in [2.75, 3.05) is 18.2 Å². The van der Waals surface area contributed by atoms with Gasteiger partial charge >= 0.3 is 5.97 Å². The second kappa shape index (κ2) is 5.92. The Bertz CT molecular complexity index is 709. The minimum atomic E-state index is -0.415. The lowest BCUT2D eigenvalue weighted by molar-refractivity contribution is 0.0600. The van der Waals surface area contributed by atoms with Crippen LogP contribution >= 0.6 is 11.3 Å². The number of carbonyl (C=O) groups excluding carboxylic acids is 2. The number of methoxy groups -OCH3 is 1. The fraction of sp³-hybridized carbons (Fsp3) is 0.214. The number of esters is 1. The maximum atomic E-state index is 12.2. The van der Waals surface area contributed by atoms with Crippen LogP contribution in [0.15, 0.2) is 18.2 Å². The molecule has 7 heteroatoms. The first-order valence-corrected chi connectivity index (χ1v) is 6.97. The third kappa shape index (κ3) is 3.19. The van der Waals surface area contributed by atoms with E-state index in [4.69, 9.17) is 5.73 Å². The Kier molecular flexibility index (Phi) is 4.23. The number of aromatic nitrogens is 1. The molecule has 2 rings (SSSR count). The molecule has 0 fully saturated rings. The minimum absolute atomic E-state index is 0.268. The fourth-order valence-corrected chi connectivity index (χ4v) is 2.58. The number of carbonyl (C=O) groups is 2. The molecule has 0 aliphatic rings. The second-order valence-corrected chi connectivity index (χ2v) is 5.47. The van der Waals surface area contributed by atoms with Gasteiger partial charge in [-0.1, -0.05) is 11.3 Å². The van der Waals surface area contributed by atoms with Crippen molar-refractivity contribution in [2.45, 2.75) is 13.8 Å². The number of anilines is 2. The van der Waals surface area contributed by atoms with Gasteiger partial charge in [0, 0.05) is 5.69 Å². The number of amides is 1. The molecular formula is C14H15N3O3S. The lowest BCUT2D eigenvalue weighted by Gasteiger charge is -2.09. The van der Waals surface area contributed by atoms with Gasteiger partial charge in [-0.25, -0.2) is 9.78 Å². The Morgan fingerprint density at radius 2 is 2.05 bits per heavy atom. The molecule has 21 heavy (non-hydrogen) atoms. The highest BCUT2D eigenvalue weighted by molar-refractivity contribution is 7.17. The SMILES string of the molecule is COC(=O)c1ccc(NC(=O)c2sc(N)nc2C)c(C)c1. The highest BCUT2D eigenvalue weighted by Crippen LogP contribution is 2.23. The maximum absolute atomic E-state index is 12.2. The van der Waals surface area contributed by atoms with E-state index >= 15 is 0 Å². The van der Waals surface area contributed by atoms with Gasteiger partial charge in [0.05, 0.1) is 18.4 Å². The molecule has 2 aromatic rings. The molecule has 1 heterocycles. The summed E-state index contributed by atoms with van der Waals surface area (Å²) in [5.41, 5.74) is 8.01. The van der Waals surface area contributed by atoms with Gasteiger partial charge in [0.15, 0.2) is 5.13 Å². The second-order valence-electron chi connectivity index (χ2n) is 4.44. The van der Waals surface area contributed by atoms with Crippen molar-refractivity contribution in [3.63, 3.8) is 0 Å². The molecule has 0 spiro atoms. The third-order valence-electron chi connectivity index (χ3n) is 2.92. The van der Waals surface area contributed by atoms with Crippen LogP contribution in [0.3, 0.4) is 0 Å². The van der Waals surface area contributed by atoms with E-state index in [0.717, 1.165) is 16.9 Å². The Morgan fingerprint density at radius 3 is 2.57 bits per heavy atom. The van der Waals surface area contributed by atoms with Crippen LogP contribution in [-0.2, 0) is 4.74 Å². The Morgan fingerprint density at radius 1 is 1.33 bits per heavy atom. The number of nitrogen functional groups attached to an aromatic ring is 1. The van der Waals surface area contributed by atoms with Gasteiger partial charge in [0.1, 0.15) is 4.88 Å². The van der Waals surface area contributed by atoms with Crippen LogP contribution in [0.4, 0.5) is 10.8 Å². The maximum Gasteiger partial charge on any atom is 0.337 e. The fourth-order valence-electron chi connectivity index (χ4n) is 1.86. The number of rotatable bonds is 3. The van der Waals surface area contributed by atoms with Crippen LogP contribution in [0.1, 0.15) is 31.3 Å². The van der Waals surface area contributed by atoms with Crippen LogP contribution in [0.5, 0.6) is 0 Å². The predicted octanol–water partition coefficient (Wildman–Crippen LogP) is 2.38. The zero-order valence-corrected chi connectivity index (χ0v) is 12.7. The van der Waals surface area contributed by atoms with Gasteiger partial charge in [0.2, 0.25) is 0 Å². The van der Waals surface area contributed by atoms with Gasteiger partial charge in [0.25, 0.3) is 5.91 Å². The first-order chi connectivity index (χ1) is 9.92. The molecule has 3 N–H and O–H groups in total. The summed E-state index contributed by atoms with van der Waals surface area (Å²) < 4.78 is 4.65. The molecule has 0 atom stereocenters. The van der Waals surface area contributed by atoms with E-state index in [0.29, 0.717) is 27.0 Å². The molecule has 1 aromatic heterocycles. The van der Waals surface area contributed by atoms with Gasteiger partial charge in [-0.2, -0.15) is 0 Å². The molecule has 1 amide bonds. The van der Waals surface area contributed by atoms with Gasteiger partial charge in [-0.3, -0.25) is 4.79 Å². The van der Waals surface area contributed by atoms with Gasteiger partial charge in [-0.15, -0.1) is 0 Å². The summed E-state index contributed by atoms with van der Waals surface area (Å²) in [4.78, 5) is 28.1. The van der Waals surface area contributed by atoms with Crippen molar-refractivity contribution in [3.05, 3.63) is 39.9 Å². The summed E-state index contributed by atoms with van der Waals surface area (Å²) >= 11 is 1.14. The van der Waals surface area contributed by atoms with Crippen LogP contribution in [0, 0.1) is 13.8 Å². The largest absolute Gasteiger partial charge is 0.465 e. The summed E-state index contributed by atoms with van der Waals surface area (Å²) in [6.07, 6.45) is 0. The minimum Gasteiger partial charge on any atom is -0.465 e. The zero-order valence-electron chi connectivity index (χ0n) is 11.9. The average Bonchev–Trinajstić information content (AvgIpc) is 2.79. The lowest BCUT2D eigenvalue weighted by Crippen LogP contribution is -2.13. The summed E-state index contributed by atoms with van der Waals surface area (Å²) in [5, 5.41) is 3.15. The van der Waals surface area contributed by atoms with Crippen LogP contribution in [0.2, 0.25) is 0 Å². The standard InChI is InChI=1S/C14H15N3O3S/c1-7-6-9(13(19)20-3)4-5-10(7)17-12(18)11-8(2)16-14(15)21-11/h4-6H,1-3H3,(H2,15,16)(H,17,18). The number of nitrogens with one attached hydrogen (secondary N) is 1. The summed E-state index contributed by atoms with van der Waals surface area (Å²) in [6, 6.07) is 4.93. The van der Waals surface area contributed by atoms with Crippen molar-refractivity contribution in [2.24, 2.45) is 0 Å². The van der Waals surface area contributed by atoms with Crippen molar-refractivity contribution < 1.29 is 14.3 Å². The zero-order chi connectivity index (χ0) is 15.6. The molecule has 0 aliphatic heterocycles. The Balaban J connectivity index is 2.22. The molecule has 0 unspecified atom stereocenters. The summed E-state index contributed by atoms with van der Waals surface area (Å²) in [5.74, 6) is -0.683. The van der Waals surface area contributed by atoms with Gasteiger partial charge < -0.3 is 15.8 Å². The number of aryl methyl sites for hydroxylation is 2. The van der Waals surface area contributed by atoms with Crippen LogP contribution < -0.4 is 11.1 Å². The lowest BCUT2D eigenvalue weighted by atomic mass is 10.1. The smallest absolute Gasteiger partial charge is 0.337 e. The number of hydrogen-bond donors (Lipinski definition) is 2. The van der Waals surface area contributed by atoms with E-state index in [2.05, 4.69) is 15.0 Å². The van der Waals surface area contributed by atoms with Gasteiger partial charge in [-0.05, 0) is 37.6 Å². The summed E-state index contributed by atoms with van der Waals surface area (Å²) in [7, 11) is 1.32. The number of thiazole rings is 1. The number of nitrogens with two attached hydrogens (primary N) is 1.